The van der Waals surface area contributed by atoms with Gasteiger partial charge in [0.2, 0.25) is 0 Å². The maximum absolute atomic E-state index is 14.4. The van der Waals surface area contributed by atoms with Crippen molar-refractivity contribution in [1.29, 1.82) is 0 Å². The minimum absolute atomic E-state index is 0.0219. The van der Waals surface area contributed by atoms with Gasteiger partial charge >= 0.3 is 17.9 Å². The number of aliphatic hydroxyl groups is 2. The minimum atomic E-state index is -1.77. The van der Waals surface area contributed by atoms with Gasteiger partial charge in [0.15, 0.2) is 5.78 Å². The fourth-order valence-electron chi connectivity index (χ4n) is 8.30. The Balaban J connectivity index is 2.01. The summed E-state index contributed by atoms with van der Waals surface area (Å²) in [4.78, 5) is 49.9. The molecule has 0 aromatic rings. The van der Waals surface area contributed by atoms with E-state index >= 15 is 0 Å². The van der Waals surface area contributed by atoms with Crippen LogP contribution in [0.3, 0.4) is 0 Å². The molecule has 2 saturated carbocycles. The van der Waals surface area contributed by atoms with Crippen LogP contribution in [0.4, 0.5) is 0 Å². The van der Waals surface area contributed by atoms with E-state index in [1.54, 1.807) is 6.92 Å². The summed E-state index contributed by atoms with van der Waals surface area (Å²) in [6.07, 6.45) is 2.63. The Morgan fingerprint density at radius 1 is 1.00 bits per heavy atom. The van der Waals surface area contributed by atoms with Gasteiger partial charge in [0, 0.05) is 27.2 Å². The molecular weight excluding hydrogens is 552 g/mol. The van der Waals surface area contributed by atoms with Gasteiger partial charge in [0.05, 0.1) is 12.0 Å². The zero-order valence-electron chi connectivity index (χ0n) is 27.6. The van der Waals surface area contributed by atoms with E-state index in [0.29, 0.717) is 43.1 Å². The summed E-state index contributed by atoms with van der Waals surface area (Å²) in [6.45, 7) is 16.7. The first-order valence-electron chi connectivity index (χ1n) is 16.0. The highest BCUT2D eigenvalue weighted by Crippen LogP contribution is 2.60. The zero-order valence-corrected chi connectivity index (χ0v) is 27.6. The fraction of sp³-hybridized carbons (Fsp3) is 0.824. The molecule has 10 atom stereocenters. The first-order chi connectivity index (χ1) is 19.9. The summed E-state index contributed by atoms with van der Waals surface area (Å²) in [5, 5.41) is 23.2. The van der Waals surface area contributed by atoms with Crippen LogP contribution in [-0.4, -0.2) is 64.4 Å². The highest BCUT2D eigenvalue weighted by atomic mass is 16.5. The third kappa shape index (κ3) is 7.03. The van der Waals surface area contributed by atoms with Crippen LogP contribution in [0.1, 0.15) is 107 Å². The first kappa shape index (κ1) is 35.2. The van der Waals surface area contributed by atoms with Crippen molar-refractivity contribution in [2.24, 2.45) is 40.4 Å². The third-order valence-electron chi connectivity index (χ3n) is 11.4. The lowest BCUT2D eigenvalue weighted by molar-refractivity contribution is -0.198. The molecule has 0 aromatic carbocycles. The lowest BCUT2D eigenvalue weighted by Gasteiger charge is -2.54. The second-order valence-electron chi connectivity index (χ2n) is 14.4. The molecule has 0 aliphatic heterocycles. The average molecular weight is 607 g/mol. The number of hydrogen-bond acceptors (Lipinski definition) is 9. The number of fused-ring (bicyclic) bond motifs is 1. The molecule has 244 valence electrons. The average Bonchev–Trinajstić information content (AvgIpc) is 3.22. The monoisotopic (exact) mass is 606 g/mol. The van der Waals surface area contributed by atoms with Crippen molar-refractivity contribution in [2.75, 3.05) is 6.61 Å². The molecule has 0 saturated heterocycles. The van der Waals surface area contributed by atoms with Crippen LogP contribution in [0.2, 0.25) is 0 Å². The largest absolute Gasteiger partial charge is 0.466 e. The quantitative estimate of drug-likeness (QED) is 0.247. The summed E-state index contributed by atoms with van der Waals surface area (Å²) < 4.78 is 16.7. The molecule has 0 amide bonds. The van der Waals surface area contributed by atoms with Crippen molar-refractivity contribution in [3.05, 3.63) is 11.6 Å². The summed E-state index contributed by atoms with van der Waals surface area (Å²) in [7, 11) is 0. The standard InChI is InChI=1S/C34H54O9/c1-19(2)20(3)16-29(43-24(7)37)21(4)27-10-11-28(32(27,8)14-15-41-22(5)35)26-17-30(38)34(40)18-25(42-23(6)36)12-13-33(34,9)31(26)39/h17,19-21,25,27-30,38,40H,10-16,18H2,1-9H3/t20-,21-,25-,27+,28-,29+,30+,32+,33+,34-/m0/s1. The summed E-state index contributed by atoms with van der Waals surface area (Å²) in [5.41, 5.74) is -3.03. The Kier molecular flexibility index (Phi) is 11.0. The number of allylic oxidation sites excluding steroid dienone is 1. The molecule has 2 fully saturated rings. The lowest BCUT2D eigenvalue weighted by atomic mass is 9.53. The maximum Gasteiger partial charge on any atom is 0.302 e. The topological polar surface area (TPSA) is 136 Å². The predicted octanol–water partition coefficient (Wildman–Crippen LogP) is 4.95. The van der Waals surface area contributed by atoms with Crippen molar-refractivity contribution < 1.29 is 43.6 Å². The summed E-state index contributed by atoms with van der Waals surface area (Å²) >= 11 is 0. The number of aliphatic hydroxyl groups excluding tert-OH is 1. The van der Waals surface area contributed by atoms with Crippen LogP contribution in [0, 0.1) is 40.4 Å². The van der Waals surface area contributed by atoms with Crippen LogP contribution in [0.25, 0.3) is 0 Å². The van der Waals surface area contributed by atoms with Gasteiger partial charge in [-0.05, 0) is 92.1 Å². The van der Waals surface area contributed by atoms with Crippen molar-refractivity contribution in [3.8, 4) is 0 Å². The summed E-state index contributed by atoms with van der Waals surface area (Å²) in [5.74, 6) is -0.869. The van der Waals surface area contributed by atoms with Gasteiger partial charge in [0.1, 0.15) is 23.9 Å². The molecule has 9 heteroatoms. The minimum Gasteiger partial charge on any atom is -0.466 e. The molecule has 0 bridgehead atoms. The molecule has 0 spiro atoms. The normalized spacial score (nSPS) is 36.3. The van der Waals surface area contributed by atoms with Crippen LogP contribution in [0.5, 0.6) is 0 Å². The number of carbonyl (C=O) groups is 4. The number of ketones is 1. The highest BCUT2D eigenvalue weighted by molar-refractivity contribution is 6.02. The molecule has 9 nitrogen and oxygen atoms in total. The summed E-state index contributed by atoms with van der Waals surface area (Å²) in [6, 6.07) is 0. The van der Waals surface area contributed by atoms with Crippen molar-refractivity contribution in [1.82, 2.24) is 0 Å². The molecule has 0 heterocycles. The fourth-order valence-corrected chi connectivity index (χ4v) is 8.30. The zero-order chi connectivity index (χ0) is 32.5. The van der Waals surface area contributed by atoms with Gasteiger partial charge in [-0.25, -0.2) is 0 Å². The second kappa shape index (κ2) is 13.4. The maximum atomic E-state index is 14.4. The van der Waals surface area contributed by atoms with E-state index in [4.69, 9.17) is 14.2 Å². The lowest BCUT2D eigenvalue weighted by Crippen LogP contribution is -2.65. The SMILES string of the molecule is CC(=O)OCC[C@]1(C)[C@@H]([C@H](C)[C@@H](C[C@H](C)C(C)C)OC(C)=O)CC[C@H]1C1=C[C@@H](O)[C@@]2(O)C[C@@H](OC(C)=O)CC[C@]2(C)C1=O. The van der Waals surface area contributed by atoms with E-state index in [1.165, 1.54) is 26.8 Å². The van der Waals surface area contributed by atoms with E-state index in [9.17, 15) is 29.4 Å². The van der Waals surface area contributed by atoms with Gasteiger partial charge in [-0.2, -0.15) is 0 Å². The molecule has 2 N–H and O–H groups in total. The van der Waals surface area contributed by atoms with Gasteiger partial charge in [-0.15, -0.1) is 0 Å². The van der Waals surface area contributed by atoms with Crippen molar-refractivity contribution in [3.63, 3.8) is 0 Å². The highest BCUT2D eigenvalue weighted by Gasteiger charge is 2.64. The van der Waals surface area contributed by atoms with E-state index in [0.717, 1.165) is 6.42 Å². The van der Waals surface area contributed by atoms with E-state index in [2.05, 4.69) is 34.6 Å². The Morgan fingerprint density at radius 3 is 2.21 bits per heavy atom. The predicted molar refractivity (Wildman–Crippen MR) is 160 cm³/mol. The van der Waals surface area contributed by atoms with Crippen molar-refractivity contribution >= 4 is 23.7 Å². The second-order valence-corrected chi connectivity index (χ2v) is 14.4. The van der Waals surface area contributed by atoms with Gasteiger partial charge < -0.3 is 24.4 Å². The molecule has 0 radical (unpaired) electrons. The first-order valence-corrected chi connectivity index (χ1v) is 16.0. The number of esters is 3. The third-order valence-corrected chi connectivity index (χ3v) is 11.4. The Hall–Kier alpha value is -2.26. The van der Waals surface area contributed by atoms with Crippen LogP contribution >= 0.6 is 0 Å². The van der Waals surface area contributed by atoms with Crippen molar-refractivity contribution in [2.45, 2.75) is 131 Å². The van der Waals surface area contributed by atoms with Gasteiger partial charge in [0.25, 0.3) is 0 Å². The molecule has 0 unspecified atom stereocenters. The van der Waals surface area contributed by atoms with Crippen LogP contribution in [0.15, 0.2) is 11.6 Å². The molecule has 3 rings (SSSR count). The Labute approximate surface area is 257 Å². The van der Waals surface area contributed by atoms with Crippen LogP contribution < -0.4 is 0 Å². The van der Waals surface area contributed by atoms with Crippen LogP contribution in [-0.2, 0) is 33.4 Å². The molecule has 3 aliphatic rings. The number of carbonyl (C=O) groups excluding carboxylic acids is 4. The number of Topliss-reactive ketones (excluding diaryl/α,β-unsaturated/α-hetero) is 1. The smallest absolute Gasteiger partial charge is 0.302 e. The molecule has 0 aromatic heterocycles. The number of ether oxygens (including phenoxy) is 3. The molecular formula is C34H54O9. The van der Waals surface area contributed by atoms with E-state index < -0.39 is 34.6 Å². The molecule has 43 heavy (non-hydrogen) atoms. The van der Waals surface area contributed by atoms with Gasteiger partial charge in [-0.1, -0.05) is 34.6 Å². The Morgan fingerprint density at radius 2 is 1.65 bits per heavy atom. The van der Waals surface area contributed by atoms with E-state index in [-0.39, 0.29) is 61.0 Å². The van der Waals surface area contributed by atoms with E-state index in [1.807, 2.05) is 0 Å². The number of hydrogen-bond donors (Lipinski definition) is 2. The number of rotatable bonds is 11. The molecule has 3 aliphatic carbocycles. The Bertz CT molecular complexity index is 1100. The van der Waals surface area contributed by atoms with Gasteiger partial charge in [-0.3, -0.25) is 19.2 Å².